The van der Waals surface area contributed by atoms with E-state index in [0.717, 1.165) is 5.92 Å². The quantitative estimate of drug-likeness (QED) is 0.645. The van der Waals surface area contributed by atoms with E-state index in [9.17, 15) is 0 Å². The van der Waals surface area contributed by atoms with Crippen LogP contribution in [0, 0.1) is 5.92 Å². The molecule has 0 saturated carbocycles. The molecule has 1 atom stereocenters. The van der Waals surface area contributed by atoms with Crippen molar-refractivity contribution >= 4 is 0 Å². The molecule has 1 aliphatic heterocycles. The fourth-order valence-corrected chi connectivity index (χ4v) is 2.12. The third kappa shape index (κ3) is 4.10. The Morgan fingerprint density at radius 3 is 2.77 bits per heavy atom. The summed E-state index contributed by atoms with van der Waals surface area (Å²) in [6, 6.07) is 0. The van der Waals surface area contributed by atoms with E-state index in [1.807, 2.05) is 0 Å². The first-order valence-electron chi connectivity index (χ1n) is 5.90. The second kappa shape index (κ2) is 6.39. The summed E-state index contributed by atoms with van der Waals surface area (Å²) in [4.78, 5) is 2.62. The normalized spacial score (nSPS) is 22.8. The topological polar surface area (TPSA) is 19.9 Å². The van der Waals surface area contributed by atoms with Gasteiger partial charge in [0.25, 0.3) is 0 Å². The zero-order chi connectivity index (χ0) is 9.52. The van der Waals surface area contributed by atoms with Gasteiger partial charge in [-0.2, -0.15) is 0 Å². The van der Waals surface area contributed by atoms with Crippen LogP contribution in [-0.4, -0.2) is 37.6 Å². The lowest BCUT2D eigenvalue weighted by Gasteiger charge is -2.22. The molecule has 0 aromatic rings. The first-order chi connectivity index (χ1) is 6.36. The zero-order valence-electron chi connectivity index (χ0n) is 9.26. The van der Waals surface area contributed by atoms with Crippen LogP contribution < -0.4 is 5.32 Å². The Bertz CT molecular complexity index is 119. The van der Waals surface area contributed by atoms with Gasteiger partial charge in [-0.1, -0.05) is 20.3 Å². The average molecular weight is 185 g/mol. The monoisotopic (exact) mass is 185 g/mol. The van der Waals surface area contributed by atoms with Crippen LogP contribution in [0.2, 0.25) is 0 Å². The van der Waals surface area contributed by atoms with Gasteiger partial charge in [0.2, 0.25) is 0 Å². The Labute approximate surface area is 82.7 Å². The van der Waals surface area contributed by atoms with Crippen molar-refractivity contribution in [3.63, 3.8) is 0 Å². The van der Waals surface area contributed by atoms with Crippen molar-refractivity contribution in [2.45, 2.75) is 33.1 Å². The standard InChI is InChI=1S/C11H24N2/c1-3-5-8-13(4-2)10-11-6-7-12-9-11/h11-12H,3-10H2,1-2H3/p+1. The lowest BCUT2D eigenvalue weighted by atomic mass is 10.1. The summed E-state index contributed by atoms with van der Waals surface area (Å²) in [5.74, 6) is 0.969. The summed E-state index contributed by atoms with van der Waals surface area (Å²) < 4.78 is 0. The molecule has 1 aliphatic rings. The maximum atomic E-state index is 2.62. The van der Waals surface area contributed by atoms with Crippen LogP contribution in [0.3, 0.4) is 0 Å². The van der Waals surface area contributed by atoms with Crippen molar-refractivity contribution in [3.05, 3.63) is 0 Å². The van der Waals surface area contributed by atoms with E-state index in [0.29, 0.717) is 0 Å². The van der Waals surface area contributed by atoms with Crippen molar-refractivity contribution in [1.82, 2.24) is 4.90 Å². The van der Waals surface area contributed by atoms with Gasteiger partial charge in [-0.05, 0) is 19.5 Å². The third-order valence-corrected chi connectivity index (χ3v) is 3.07. The Balaban J connectivity index is 2.13. The Kier molecular flexibility index (Phi) is 5.40. The first-order valence-corrected chi connectivity index (χ1v) is 5.90. The van der Waals surface area contributed by atoms with Gasteiger partial charge in [0, 0.05) is 18.9 Å². The van der Waals surface area contributed by atoms with Crippen LogP contribution in [0.25, 0.3) is 0 Å². The molecule has 0 aromatic heterocycles. The summed E-state index contributed by atoms with van der Waals surface area (Å²) in [5, 5.41) is 2.46. The van der Waals surface area contributed by atoms with Gasteiger partial charge >= 0.3 is 0 Å². The molecule has 78 valence electrons. The highest BCUT2D eigenvalue weighted by Crippen LogP contribution is 2.06. The van der Waals surface area contributed by atoms with Gasteiger partial charge in [0.15, 0.2) is 0 Å². The summed E-state index contributed by atoms with van der Waals surface area (Å²) >= 11 is 0. The molecule has 1 heterocycles. The van der Waals surface area contributed by atoms with Crippen LogP contribution in [0.1, 0.15) is 33.1 Å². The highest BCUT2D eigenvalue weighted by molar-refractivity contribution is 4.66. The number of rotatable bonds is 6. The zero-order valence-corrected chi connectivity index (χ0v) is 9.26. The second-order valence-electron chi connectivity index (χ2n) is 4.21. The molecule has 0 spiro atoms. The van der Waals surface area contributed by atoms with E-state index in [2.05, 4.69) is 24.1 Å². The molecular formula is C11H25N2+. The lowest BCUT2D eigenvalue weighted by molar-refractivity contribution is -0.638. The largest absolute Gasteiger partial charge is 0.346 e. The molecule has 0 aliphatic carbocycles. The predicted octanol–water partition coefficient (Wildman–Crippen LogP) is 0.692. The molecule has 2 heteroatoms. The maximum absolute atomic E-state index is 2.62. The second-order valence-corrected chi connectivity index (χ2v) is 4.21. The molecule has 0 amide bonds. The number of hydrogen-bond donors (Lipinski definition) is 1. The summed E-state index contributed by atoms with van der Waals surface area (Å²) in [6.07, 6.45) is 4.13. The highest BCUT2D eigenvalue weighted by Gasteiger charge is 2.19. The van der Waals surface area contributed by atoms with Gasteiger partial charge in [0.05, 0.1) is 13.1 Å². The minimum absolute atomic E-state index is 0.969. The van der Waals surface area contributed by atoms with Crippen molar-refractivity contribution in [2.75, 3.05) is 32.7 Å². The summed E-state index contributed by atoms with van der Waals surface area (Å²) in [5.41, 5.74) is 0. The van der Waals surface area contributed by atoms with Gasteiger partial charge in [-0.25, -0.2) is 0 Å². The predicted molar refractivity (Wildman–Crippen MR) is 56.8 cm³/mol. The number of hydrogen-bond acceptors (Lipinski definition) is 1. The average Bonchev–Trinajstić information content (AvgIpc) is 2.64. The Hall–Kier alpha value is -0.0800. The third-order valence-electron chi connectivity index (χ3n) is 3.07. The first kappa shape index (κ1) is 11.0. The molecule has 1 saturated heterocycles. The Morgan fingerprint density at radius 1 is 1.38 bits per heavy atom. The number of unbranched alkanes of at least 4 members (excludes halogenated alkanes) is 1. The van der Waals surface area contributed by atoms with E-state index in [-0.39, 0.29) is 0 Å². The van der Waals surface area contributed by atoms with Crippen LogP contribution >= 0.6 is 0 Å². The molecule has 1 unspecified atom stereocenters. The van der Waals surface area contributed by atoms with Gasteiger partial charge in [-0.3, -0.25) is 0 Å². The van der Waals surface area contributed by atoms with Crippen molar-refractivity contribution < 1.29 is 5.32 Å². The smallest absolute Gasteiger partial charge is 0.0798 e. The molecule has 13 heavy (non-hydrogen) atoms. The lowest BCUT2D eigenvalue weighted by Crippen LogP contribution is -2.81. The fraction of sp³-hybridized carbons (Fsp3) is 1.00. The van der Waals surface area contributed by atoms with Gasteiger partial charge in [-0.15, -0.1) is 0 Å². The van der Waals surface area contributed by atoms with E-state index in [1.54, 1.807) is 0 Å². The molecule has 0 aromatic carbocycles. The van der Waals surface area contributed by atoms with E-state index in [4.69, 9.17) is 0 Å². The van der Waals surface area contributed by atoms with Crippen molar-refractivity contribution in [1.29, 1.82) is 0 Å². The minimum atomic E-state index is 0.969. The molecule has 2 N–H and O–H groups in total. The van der Waals surface area contributed by atoms with Crippen LogP contribution in [0.4, 0.5) is 0 Å². The minimum Gasteiger partial charge on any atom is -0.346 e. The molecule has 1 fully saturated rings. The van der Waals surface area contributed by atoms with E-state index < -0.39 is 0 Å². The van der Waals surface area contributed by atoms with Crippen LogP contribution in [0.5, 0.6) is 0 Å². The van der Waals surface area contributed by atoms with E-state index in [1.165, 1.54) is 52.0 Å². The Morgan fingerprint density at radius 2 is 2.23 bits per heavy atom. The molecule has 0 radical (unpaired) electrons. The van der Waals surface area contributed by atoms with Gasteiger partial charge < -0.3 is 10.2 Å². The molecular weight excluding hydrogens is 160 g/mol. The molecule has 1 rings (SSSR count). The molecule has 2 nitrogen and oxygen atoms in total. The van der Waals surface area contributed by atoms with Crippen LogP contribution in [0.15, 0.2) is 0 Å². The maximum Gasteiger partial charge on any atom is 0.0798 e. The summed E-state index contributed by atoms with van der Waals surface area (Å²) in [7, 11) is 0. The highest BCUT2D eigenvalue weighted by atomic mass is 15.1. The number of nitrogens with two attached hydrogens (primary N) is 1. The SMILES string of the molecule is CCCCN(CC)CC1CC[NH2+]C1. The van der Waals surface area contributed by atoms with Crippen molar-refractivity contribution in [2.24, 2.45) is 5.92 Å². The summed E-state index contributed by atoms with van der Waals surface area (Å²) in [6.45, 7) is 11.2. The van der Waals surface area contributed by atoms with Crippen LogP contribution in [-0.2, 0) is 0 Å². The van der Waals surface area contributed by atoms with E-state index >= 15 is 0 Å². The fourth-order valence-electron chi connectivity index (χ4n) is 2.12. The van der Waals surface area contributed by atoms with Crippen molar-refractivity contribution in [3.8, 4) is 0 Å². The number of quaternary nitrogens is 1. The number of nitrogens with zero attached hydrogens (tertiary/aromatic N) is 1. The molecule has 0 bridgehead atoms. The van der Waals surface area contributed by atoms with Gasteiger partial charge in [0.1, 0.15) is 0 Å².